The Bertz CT molecular complexity index is 162. The van der Waals surface area contributed by atoms with Crippen molar-refractivity contribution >= 4 is 17.6 Å². The van der Waals surface area contributed by atoms with Gasteiger partial charge in [0.1, 0.15) is 0 Å². The zero-order valence-corrected chi connectivity index (χ0v) is 10.1. The zero-order valence-electron chi connectivity index (χ0n) is 9.38. The van der Waals surface area contributed by atoms with E-state index in [1.54, 1.807) is 0 Å². The molecule has 1 atom stereocenters. The first-order chi connectivity index (χ1) is 7.22. The van der Waals surface area contributed by atoms with Crippen molar-refractivity contribution in [3.05, 3.63) is 0 Å². The summed E-state index contributed by atoms with van der Waals surface area (Å²) >= 11 is 5.43. The summed E-state index contributed by atoms with van der Waals surface area (Å²) in [6.45, 7) is 2.47. The number of carboxylic acid groups (broad SMARTS) is 1. The minimum Gasteiger partial charge on any atom is -0.479 e. The number of ether oxygens (including phenoxy) is 1. The van der Waals surface area contributed by atoms with E-state index < -0.39 is 12.1 Å². The van der Waals surface area contributed by atoms with Crippen LogP contribution in [-0.4, -0.2) is 29.7 Å². The second-order valence-electron chi connectivity index (χ2n) is 3.59. The van der Waals surface area contributed by atoms with Gasteiger partial charge in [-0.1, -0.05) is 39.0 Å². The largest absolute Gasteiger partial charge is 0.479 e. The van der Waals surface area contributed by atoms with Gasteiger partial charge >= 0.3 is 5.97 Å². The molecule has 0 radical (unpaired) electrons. The molecule has 15 heavy (non-hydrogen) atoms. The van der Waals surface area contributed by atoms with Crippen LogP contribution in [0.15, 0.2) is 0 Å². The van der Waals surface area contributed by atoms with Crippen LogP contribution in [-0.2, 0) is 9.53 Å². The summed E-state index contributed by atoms with van der Waals surface area (Å²) in [6.07, 6.45) is 5.52. The Balaban J connectivity index is 3.53. The van der Waals surface area contributed by atoms with Gasteiger partial charge in [-0.05, 0) is 6.42 Å². The standard InChI is InChI=1S/C11H21ClO3/c1-2-3-4-5-6-7-10(11(13)14)15-9-8-12/h10H,2-9H2,1H3,(H,13,14). The van der Waals surface area contributed by atoms with Gasteiger partial charge in [-0.2, -0.15) is 0 Å². The number of hydrogen-bond acceptors (Lipinski definition) is 2. The van der Waals surface area contributed by atoms with E-state index >= 15 is 0 Å². The van der Waals surface area contributed by atoms with E-state index in [9.17, 15) is 4.79 Å². The molecule has 0 spiro atoms. The van der Waals surface area contributed by atoms with Crippen LogP contribution in [0.4, 0.5) is 0 Å². The third-order valence-electron chi connectivity index (χ3n) is 2.24. The van der Waals surface area contributed by atoms with Crippen LogP contribution in [0, 0.1) is 0 Å². The maximum absolute atomic E-state index is 10.8. The van der Waals surface area contributed by atoms with Crippen molar-refractivity contribution in [2.75, 3.05) is 12.5 Å². The monoisotopic (exact) mass is 236 g/mol. The Labute approximate surface area is 96.8 Å². The average molecular weight is 237 g/mol. The number of carbonyl (C=O) groups is 1. The maximum atomic E-state index is 10.8. The maximum Gasteiger partial charge on any atom is 0.332 e. The Morgan fingerprint density at radius 2 is 2.00 bits per heavy atom. The summed E-state index contributed by atoms with van der Waals surface area (Å²) in [6, 6.07) is 0. The number of aliphatic carboxylic acids is 1. The van der Waals surface area contributed by atoms with Crippen LogP contribution < -0.4 is 0 Å². The molecule has 0 fully saturated rings. The van der Waals surface area contributed by atoms with Crippen LogP contribution in [0.1, 0.15) is 45.4 Å². The van der Waals surface area contributed by atoms with Crippen molar-refractivity contribution < 1.29 is 14.6 Å². The van der Waals surface area contributed by atoms with Gasteiger partial charge in [0, 0.05) is 5.88 Å². The molecule has 0 bridgehead atoms. The third-order valence-corrected chi connectivity index (χ3v) is 2.40. The van der Waals surface area contributed by atoms with Crippen LogP contribution in [0.5, 0.6) is 0 Å². The summed E-state index contributed by atoms with van der Waals surface area (Å²) in [4.78, 5) is 10.8. The molecule has 0 amide bonds. The number of hydrogen-bond donors (Lipinski definition) is 1. The molecule has 1 unspecified atom stereocenters. The molecule has 0 saturated heterocycles. The number of rotatable bonds is 10. The predicted octanol–water partition coefficient (Wildman–Crippen LogP) is 3.06. The van der Waals surface area contributed by atoms with Crippen molar-refractivity contribution in [3.63, 3.8) is 0 Å². The second kappa shape index (κ2) is 10.2. The summed E-state index contributed by atoms with van der Waals surface area (Å²) in [5.74, 6) is -0.532. The minimum absolute atomic E-state index is 0.313. The Hall–Kier alpha value is -0.280. The molecule has 3 nitrogen and oxygen atoms in total. The Morgan fingerprint density at radius 1 is 1.33 bits per heavy atom. The average Bonchev–Trinajstić information content (AvgIpc) is 2.21. The van der Waals surface area contributed by atoms with E-state index in [1.165, 1.54) is 19.3 Å². The van der Waals surface area contributed by atoms with E-state index in [0.29, 0.717) is 18.9 Å². The van der Waals surface area contributed by atoms with Gasteiger partial charge in [-0.25, -0.2) is 4.79 Å². The highest BCUT2D eigenvalue weighted by Crippen LogP contribution is 2.09. The number of carboxylic acids is 1. The highest BCUT2D eigenvalue weighted by molar-refractivity contribution is 6.17. The quantitative estimate of drug-likeness (QED) is 0.469. The molecule has 0 aromatic heterocycles. The number of halogens is 1. The first-order valence-corrected chi connectivity index (χ1v) is 6.16. The number of unbranched alkanes of at least 4 members (excludes halogenated alkanes) is 4. The van der Waals surface area contributed by atoms with Crippen LogP contribution in [0.2, 0.25) is 0 Å². The lowest BCUT2D eigenvalue weighted by Crippen LogP contribution is -2.24. The minimum atomic E-state index is -0.879. The van der Waals surface area contributed by atoms with Crippen molar-refractivity contribution in [1.29, 1.82) is 0 Å². The first-order valence-electron chi connectivity index (χ1n) is 5.62. The molecule has 0 aromatic rings. The number of alkyl halides is 1. The van der Waals surface area contributed by atoms with Gasteiger partial charge in [0.25, 0.3) is 0 Å². The highest BCUT2D eigenvalue weighted by atomic mass is 35.5. The molecular formula is C11H21ClO3. The van der Waals surface area contributed by atoms with E-state index in [0.717, 1.165) is 12.8 Å². The fourth-order valence-electron chi connectivity index (χ4n) is 1.40. The summed E-state index contributed by atoms with van der Waals surface area (Å²) < 4.78 is 5.13. The van der Waals surface area contributed by atoms with E-state index in [2.05, 4.69) is 6.92 Å². The molecular weight excluding hydrogens is 216 g/mol. The fraction of sp³-hybridized carbons (Fsp3) is 0.909. The predicted molar refractivity (Wildman–Crippen MR) is 61.5 cm³/mol. The normalized spacial score (nSPS) is 12.7. The van der Waals surface area contributed by atoms with Gasteiger partial charge in [0.15, 0.2) is 6.10 Å². The van der Waals surface area contributed by atoms with Gasteiger partial charge in [0.05, 0.1) is 6.61 Å². The van der Waals surface area contributed by atoms with Gasteiger partial charge in [-0.15, -0.1) is 11.6 Å². The molecule has 0 heterocycles. The molecule has 1 N–H and O–H groups in total. The SMILES string of the molecule is CCCCCCCC(OCCCl)C(=O)O. The lowest BCUT2D eigenvalue weighted by Gasteiger charge is -2.12. The summed E-state index contributed by atoms with van der Waals surface area (Å²) in [5.41, 5.74) is 0. The van der Waals surface area contributed by atoms with Crippen LogP contribution in [0.25, 0.3) is 0 Å². The third kappa shape index (κ3) is 8.70. The molecule has 0 aliphatic rings. The lowest BCUT2D eigenvalue weighted by atomic mass is 10.1. The van der Waals surface area contributed by atoms with E-state index in [4.69, 9.17) is 21.4 Å². The molecule has 0 saturated carbocycles. The smallest absolute Gasteiger partial charge is 0.332 e. The Morgan fingerprint density at radius 3 is 2.53 bits per heavy atom. The topological polar surface area (TPSA) is 46.5 Å². The fourth-order valence-corrected chi connectivity index (χ4v) is 1.49. The zero-order chi connectivity index (χ0) is 11.5. The lowest BCUT2D eigenvalue weighted by molar-refractivity contribution is -0.150. The summed E-state index contributed by atoms with van der Waals surface area (Å²) in [5, 5.41) is 8.83. The van der Waals surface area contributed by atoms with Crippen molar-refractivity contribution in [1.82, 2.24) is 0 Å². The molecule has 90 valence electrons. The van der Waals surface area contributed by atoms with Gasteiger partial charge in [-0.3, -0.25) is 0 Å². The van der Waals surface area contributed by atoms with Crippen LogP contribution >= 0.6 is 11.6 Å². The van der Waals surface area contributed by atoms with Gasteiger partial charge in [0.2, 0.25) is 0 Å². The highest BCUT2D eigenvalue weighted by Gasteiger charge is 2.16. The van der Waals surface area contributed by atoms with Crippen molar-refractivity contribution in [2.45, 2.75) is 51.6 Å². The Kier molecular flexibility index (Phi) is 10.1. The molecule has 4 heteroatoms. The van der Waals surface area contributed by atoms with E-state index in [-0.39, 0.29) is 0 Å². The molecule has 0 aliphatic carbocycles. The van der Waals surface area contributed by atoms with Crippen LogP contribution in [0.3, 0.4) is 0 Å². The molecule has 0 aliphatic heterocycles. The molecule has 0 rings (SSSR count). The van der Waals surface area contributed by atoms with Gasteiger partial charge < -0.3 is 9.84 Å². The van der Waals surface area contributed by atoms with Crippen molar-refractivity contribution in [2.24, 2.45) is 0 Å². The van der Waals surface area contributed by atoms with E-state index in [1.807, 2.05) is 0 Å². The summed E-state index contributed by atoms with van der Waals surface area (Å²) in [7, 11) is 0. The van der Waals surface area contributed by atoms with Crippen molar-refractivity contribution in [3.8, 4) is 0 Å². The molecule has 0 aromatic carbocycles. The first kappa shape index (κ1) is 14.7. The second-order valence-corrected chi connectivity index (χ2v) is 3.97.